The van der Waals surface area contributed by atoms with Crippen LogP contribution in [0.2, 0.25) is 0 Å². The fraction of sp³-hybridized carbons (Fsp3) is 0.417. The zero-order valence-electron chi connectivity index (χ0n) is 8.90. The Labute approximate surface area is 89.7 Å². The molecule has 0 aromatic heterocycles. The molecule has 80 valence electrons. The van der Waals surface area contributed by atoms with Crippen molar-refractivity contribution in [2.75, 3.05) is 20.2 Å². The number of ether oxygens (including phenoxy) is 1. The van der Waals surface area contributed by atoms with Gasteiger partial charge in [-0.2, -0.15) is 0 Å². The highest BCUT2D eigenvalue weighted by Crippen LogP contribution is 2.16. The normalized spacial score (nSPS) is 14.9. The summed E-state index contributed by atoms with van der Waals surface area (Å²) in [7, 11) is 1.64. The summed E-state index contributed by atoms with van der Waals surface area (Å²) in [6, 6.07) is 7.64. The zero-order chi connectivity index (χ0) is 10.7. The molecule has 1 aliphatic rings. The molecule has 0 bridgehead atoms. The number of carbonyl (C=O) groups excluding carboxylic acids is 1. The second kappa shape index (κ2) is 4.45. The van der Waals surface area contributed by atoms with Crippen molar-refractivity contribution in [3.8, 4) is 0 Å². The lowest BCUT2D eigenvalue weighted by atomic mass is 10.1. The number of hydrogen-bond acceptors (Lipinski definition) is 2. The molecular formula is C12H15NO2. The molecule has 1 aromatic rings. The Bertz CT molecular complexity index is 358. The second-order valence-corrected chi connectivity index (χ2v) is 3.74. The van der Waals surface area contributed by atoms with Gasteiger partial charge in [0.25, 0.3) is 5.91 Å². The maximum Gasteiger partial charge on any atom is 0.254 e. The summed E-state index contributed by atoms with van der Waals surface area (Å²) in [6.07, 6.45) is 1.12. The highest BCUT2D eigenvalue weighted by atomic mass is 16.5. The molecule has 1 heterocycles. The first-order valence-corrected chi connectivity index (χ1v) is 5.19. The molecule has 0 radical (unpaired) electrons. The molecule has 0 N–H and O–H groups in total. The van der Waals surface area contributed by atoms with Crippen LogP contribution >= 0.6 is 0 Å². The summed E-state index contributed by atoms with van der Waals surface area (Å²) in [4.78, 5) is 13.9. The quantitative estimate of drug-likeness (QED) is 0.751. The van der Waals surface area contributed by atoms with Crippen molar-refractivity contribution < 1.29 is 9.53 Å². The SMILES string of the molecule is COCc1ccccc1C(=O)N1CCC1. The van der Waals surface area contributed by atoms with Crippen LogP contribution < -0.4 is 0 Å². The number of methoxy groups -OCH3 is 1. The van der Waals surface area contributed by atoms with E-state index in [1.54, 1.807) is 7.11 Å². The van der Waals surface area contributed by atoms with E-state index < -0.39 is 0 Å². The molecule has 1 aliphatic heterocycles. The lowest BCUT2D eigenvalue weighted by molar-refractivity contribution is 0.0647. The van der Waals surface area contributed by atoms with Gasteiger partial charge in [-0.25, -0.2) is 0 Å². The largest absolute Gasteiger partial charge is 0.380 e. The Hall–Kier alpha value is -1.35. The highest BCUT2D eigenvalue weighted by molar-refractivity contribution is 5.96. The van der Waals surface area contributed by atoms with Crippen molar-refractivity contribution in [2.24, 2.45) is 0 Å². The number of rotatable bonds is 3. The number of amides is 1. The minimum absolute atomic E-state index is 0.133. The maximum absolute atomic E-state index is 12.0. The predicted molar refractivity (Wildman–Crippen MR) is 57.7 cm³/mol. The van der Waals surface area contributed by atoms with E-state index in [-0.39, 0.29) is 5.91 Å². The number of carbonyl (C=O) groups is 1. The average Bonchev–Trinajstić information content (AvgIpc) is 2.16. The summed E-state index contributed by atoms with van der Waals surface area (Å²) in [5.74, 6) is 0.133. The van der Waals surface area contributed by atoms with E-state index in [4.69, 9.17) is 4.74 Å². The summed E-state index contributed by atoms with van der Waals surface area (Å²) < 4.78 is 5.08. The monoisotopic (exact) mass is 205 g/mol. The molecule has 1 aromatic carbocycles. The standard InChI is InChI=1S/C12H15NO2/c1-15-9-10-5-2-3-6-11(10)12(14)13-7-4-8-13/h2-3,5-6H,4,7-9H2,1H3. The van der Waals surface area contributed by atoms with E-state index in [1.807, 2.05) is 29.2 Å². The highest BCUT2D eigenvalue weighted by Gasteiger charge is 2.23. The van der Waals surface area contributed by atoms with Crippen molar-refractivity contribution in [3.63, 3.8) is 0 Å². The van der Waals surface area contributed by atoms with Gasteiger partial charge in [-0.05, 0) is 18.1 Å². The van der Waals surface area contributed by atoms with Crippen LogP contribution in [0.4, 0.5) is 0 Å². The molecular weight excluding hydrogens is 190 g/mol. The molecule has 2 rings (SSSR count). The van der Waals surface area contributed by atoms with Gasteiger partial charge in [-0.1, -0.05) is 18.2 Å². The topological polar surface area (TPSA) is 29.5 Å². The summed E-state index contributed by atoms with van der Waals surface area (Å²) in [5.41, 5.74) is 1.75. The van der Waals surface area contributed by atoms with Gasteiger partial charge in [-0.15, -0.1) is 0 Å². The third kappa shape index (κ3) is 2.02. The van der Waals surface area contributed by atoms with Gasteiger partial charge in [0.05, 0.1) is 6.61 Å². The fourth-order valence-electron chi connectivity index (χ4n) is 1.70. The van der Waals surface area contributed by atoms with Crippen LogP contribution in [-0.2, 0) is 11.3 Å². The lowest BCUT2D eigenvalue weighted by Crippen LogP contribution is -2.42. The molecule has 3 heteroatoms. The van der Waals surface area contributed by atoms with Gasteiger partial charge < -0.3 is 9.64 Å². The Morgan fingerprint density at radius 2 is 2.13 bits per heavy atom. The van der Waals surface area contributed by atoms with Crippen molar-refractivity contribution in [2.45, 2.75) is 13.0 Å². The van der Waals surface area contributed by atoms with E-state index in [0.29, 0.717) is 6.61 Å². The third-order valence-electron chi connectivity index (χ3n) is 2.69. The summed E-state index contributed by atoms with van der Waals surface area (Å²) >= 11 is 0. The third-order valence-corrected chi connectivity index (χ3v) is 2.69. The molecule has 1 amide bonds. The zero-order valence-corrected chi connectivity index (χ0v) is 8.90. The summed E-state index contributed by atoms with van der Waals surface area (Å²) in [5, 5.41) is 0. The van der Waals surface area contributed by atoms with Crippen molar-refractivity contribution >= 4 is 5.91 Å². The van der Waals surface area contributed by atoms with E-state index in [2.05, 4.69) is 0 Å². The summed E-state index contributed by atoms with van der Waals surface area (Å²) in [6.45, 7) is 2.27. The molecule has 1 fully saturated rings. The molecule has 0 aliphatic carbocycles. The molecule has 0 spiro atoms. The van der Waals surface area contributed by atoms with Crippen LogP contribution in [0.3, 0.4) is 0 Å². The number of nitrogens with zero attached hydrogens (tertiary/aromatic N) is 1. The molecule has 15 heavy (non-hydrogen) atoms. The molecule has 0 atom stereocenters. The van der Waals surface area contributed by atoms with Crippen LogP contribution in [-0.4, -0.2) is 31.0 Å². The fourth-order valence-corrected chi connectivity index (χ4v) is 1.70. The first-order valence-electron chi connectivity index (χ1n) is 5.19. The van der Waals surface area contributed by atoms with Gasteiger partial charge in [0, 0.05) is 25.8 Å². The molecule has 0 unspecified atom stereocenters. The molecule has 3 nitrogen and oxygen atoms in total. The van der Waals surface area contributed by atoms with Crippen molar-refractivity contribution in [3.05, 3.63) is 35.4 Å². The Balaban J connectivity index is 2.21. The van der Waals surface area contributed by atoms with Gasteiger partial charge in [0.15, 0.2) is 0 Å². The predicted octanol–water partition coefficient (Wildman–Crippen LogP) is 1.68. The number of hydrogen-bond donors (Lipinski definition) is 0. The van der Waals surface area contributed by atoms with Crippen LogP contribution in [0.25, 0.3) is 0 Å². The van der Waals surface area contributed by atoms with E-state index in [0.717, 1.165) is 30.6 Å². The number of benzene rings is 1. The maximum atomic E-state index is 12.0. The Kier molecular flexibility index (Phi) is 3.02. The van der Waals surface area contributed by atoms with Gasteiger partial charge >= 0.3 is 0 Å². The second-order valence-electron chi connectivity index (χ2n) is 3.74. The lowest BCUT2D eigenvalue weighted by Gasteiger charge is -2.31. The number of likely N-dealkylation sites (tertiary alicyclic amines) is 1. The van der Waals surface area contributed by atoms with Gasteiger partial charge in [0.1, 0.15) is 0 Å². The van der Waals surface area contributed by atoms with Gasteiger partial charge in [-0.3, -0.25) is 4.79 Å². The van der Waals surface area contributed by atoms with Crippen LogP contribution in [0.15, 0.2) is 24.3 Å². The smallest absolute Gasteiger partial charge is 0.254 e. The average molecular weight is 205 g/mol. The Morgan fingerprint density at radius 3 is 2.73 bits per heavy atom. The first kappa shape index (κ1) is 10.2. The van der Waals surface area contributed by atoms with Crippen LogP contribution in [0.1, 0.15) is 22.3 Å². The van der Waals surface area contributed by atoms with E-state index in [9.17, 15) is 4.79 Å². The van der Waals surface area contributed by atoms with E-state index in [1.165, 1.54) is 0 Å². The first-order chi connectivity index (χ1) is 7.33. The molecule has 0 saturated carbocycles. The minimum Gasteiger partial charge on any atom is -0.380 e. The van der Waals surface area contributed by atoms with Crippen molar-refractivity contribution in [1.82, 2.24) is 4.90 Å². The van der Waals surface area contributed by atoms with E-state index >= 15 is 0 Å². The van der Waals surface area contributed by atoms with Crippen LogP contribution in [0, 0.1) is 0 Å². The van der Waals surface area contributed by atoms with Crippen LogP contribution in [0.5, 0.6) is 0 Å². The minimum atomic E-state index is 0.133. The Morgan fingerprint density at radius 1 is 1.40 bits per heavy atom. The van der Waals surface area contributed by atoms with Crippen molar-refractivity contribution in [1.29, 1.82) is 0 Å². The molecule has 1 saturated heterocycles. The van der Waals surface area contributed by atoms with Gasteiger partial charge in [0.2, 0.25) is 0 Å².